The van der Waals surface area contributed by atoms with Crippen LogP contribution in [0.5, 0.6) is 0 Å². The summed E-state index contributed by atoms with van der Waals surface area (Å²) in [6.07, 6.45) is 0. The predicted octanol–water partition coefficient (Wildman–Crippen LogP) is 0.800. The van der Waals surface area contributed by atoms with Crippen LogP contribution in [0.2, 0.25) is 0 Å². The van der Waals surface area contributed by atoms with E-state index in [4.69, 9.17) is 9.47 Å². The van der Waals surface area contributed by atoms with Gasteiger partial charge in [-0.2, -0.15) is 0 Å². The van der Waals surface area contributed by atoms with Crippen LogP contribution in [0, 0.1) is 3.57 Å². The number of carbonyl (C=O) groups excluding carboxylic acids is 2. The summed E-state index contributed by atoms with van der Waals surface area (Å²) in [7, 11) is 1.57. The molecule has 1 rings (SSSR count). The Kier molecular flexibility index (Phi) is 8.95. The van der Waals surface area contributed by atoms with E-state index in [0.717, 1.165) is 3.57 Å². The standard InChI is InChI=1S/C14H19IN2O4/c1-20-8-9-21-10-13(18)16-6-7-17-14(19)11-4-2-3-5-12(11)15/h2-5H,6-10H2,1H3,(H,16,18)(H,17,19). The Morgan fingerprint density at radius 1 is 1.14 bits per heavy atom. The first-order valence-corrected chi connectivity index (χ1v) is 7.59. The molecule has 1 aromatic carbocycles. The molecule has 2 amide bonds. The van der Waals surface area contributed by atoms with Crippen molar-refractivity contribution in [1.29, 1.82) is 0 Å². The highest BCUT2D eigenvalue weighted by Gasteiger charge is 2.08. The molecule has 0 radical (unpaired) electrons. The summed E-state index contributed by atoms with van der Waals surface area (Å²) in [4.78, 5) is 23.3. The Morgan fingerprint density at radius 2 is 1.86 bits per heavy atom. The van der Waals surface area contributed by atoms with Crippen LogP contribution in [0.4, 0.5) is 0 Å². The van der Waals surface area contributed by atoms with E-state index in [9.17, 15) is 9.59 Å². The molecule has 0 saturated heterocycles. The smallest absolute Gasteiger partial charge is 0.252 e. The number of hydrogen-bond donors (Lipinski definition) is 2. The maximum atomic E-state index is 11.9. The van der Waals surface area contributed by atoms with Crippen molar-refractivity contribution in [2.45, 2.75) is 0 Å². The van der Waals surface area contributed by atoms with E-state index in [1.807, 2.05) is 18.2 Å². The van der Waals surface area contributed by atoms with Crippen LogP contribution in [0.25, 0.3) is 0 Å². The zero-order chi connectivity index (χ0) is 15.5. The lowest BCUT2D eigenvalue weighted by Crippen LogP contribution is -2.36. The van der Waals surface area contributed by atoms with Gasteiger partial charge < -0.3 is 20.1 Å². The molecule has 0 unspecified atom stereocenters. The number of nitrogens with one attached hydrogen (secondary N) is 2. The molecule has 0 atom stereocenters. The molecule has 1 aromatic rings. The Bertz CT molecular complexity index is 468. The van der Waals surface area contributed by atoms with Gasteiger partial charge in [-0.25, -0.2) is 0 Å². The summed E-state index contributed by atoms with van der Waals surface area (Å²) in [5, 5.41) is 5.41. The Morgan fingerprint density at radius 3 is 2.57 bits per heavy atom. The van der Waals surface area contributed by atoms with Gasteiger partial charge in [0.15, 0.2) is 0 Å². The van der Waals surface area contributed by atoms with Crippen molar-refractivity contribution in [3.05, 3.63) is 33.4 Å². The van der Waals surface area contributed by atoms with Gasteiger partial charge in [-0.05, 0) is 34.7 Å². The van der Waals surface area contributed by atoms with Crippen LogP contribution in [-0.2, 0) is 14.3 Å². The molecule has 7 heteroatoms. The van der Waals surface area contributed by atoms with E-state index in [1.54, 1.807) is 13.2 Å². The van der Waals surface area contributed by atoms with Crippen molar-refractivity contribution < 1.29 is 19.1 Å². The molecule has 0 spiro atoms. The van der Waals surface area contributed by atoms with Crippen LogP contribution in [0.1, 0.15) is 10.4 Å². The fraction of sp³-hybridized carbons (Fsp3) is 0.429. The molecule has 0 aliphatic heterocycles. The van der Waals surface area contributed by atoms with Gasteiger partial charge in [-0.1, -0.05) is 12.1 Å². The Hall–Kier alpha value is -1.19. The highest BCUT2D eigenvalue weighted by Crippen LogP contribution is 2.10. The van der Waals surface area contributed by atoms with Crippen molar-refractivity contribution in [2.75, 3.05) is 40.0 Å². The molecule has 2 N–H and O–H groups in total. The van der Waals surface area contributed by atoms with Gasteiger partial charge >= 0.3 is 0 Å². The number of ether oxygens (including phenoxy) is 2. The molecule has 0 fully saturated rings. The number of halogens is 1. The molecule has 6 nitrogen and oxygen atoms in total. The highest BCUT2D eigenvalue weighted by atomic mass is 127. The molecular formula is C14H19IN2O4. The topological polar surface area (TPSA) is 76.7 Å². The normalized spacial score (nSPS) is 10.2. The van der Waals surface area contributed by atoms with E-state index < -0.39 is 0 Å². The van der Waals surface area contributed by atoms with Crippen molar-refractivity contribution in [3.63, 3.8) is 0 Å². The van der Waals surface area contributed by atoms with E-state index in [1.165, 1.54) is 0 Å². The second-order valence-electron chi connectivity index (χ2n) is 4.13. The summed E-state index contributed by atoms with van der Waals surface area (Å²) in [6, 6.07) is 7.33. The van der Waals surface area contributed by atoms with Crippen molar-refractivity contribution in [1.82, 2.24) is 10.6 Å². The van der Waals surface area contributed by atoms with E-state index in [0.29, 0.717) is 31.9 Å². The molecule has 0 bridgehead atoms. The van der Waals surface area contributed by atoms with Crippen LogP contribution >= 0.6 is 22.6 Å². The van der Waals surface area contributed by atoms with Gasteiger partial charge in [0.2, 0.25) is 5.91 Å². The molecule has 0 heterocycles. The summed E-state index contributed by atoms with van der Waals surface area (Å²) in [5.74, 6) is -0.361. The van der Waals surface area contributed by atoms with Gasteiger partial charge in [0.1, 0.15) is 6.61 Å². The summed E-state index contributed by atoms with van der Waals surface area (Å²) in [6.45, 7) is 1.56. The summed E-state index contributed by atoms with van der Waals surface area (Å²) in [5.41, 5.74) is 0.632. The number of rotatable bonds is 9. The number of amides is 2. The average molecular weight is 406 g/mol. The van der Waals surface area contributed by atoms with Crippen molar-refractivity contribution in [2.24, 2.45) is 0 Å². The number of carbonyl (C=O) groups is 2. The molecule has 0 saturated carbocycles. The van der Waals surface area contributed by atoms with Crippen LogP contribution < -0.4 is 10.6 Å². The fourth-order valence-electron chi connectivity index (χ4n) is 1.48. The van der Waals surface area contributed by atoms with E-state index in [-0.39, 0.29) is 18.4 Å². The van der Waals surface area contributed by atoms with Gasteiger partial charge in [-0.3, -0.25) is 9.59 Å². The zero-order valence-corrected chi connectivity index (χ0v) is 14.0. The molecule has 0 aliphatic carbocycles. The van der Waals surface area contributed by atoms with Gasteiger partial charge in [-0.15, -0.1) is 0 Å². The SMILES string of the molecule is COCCOCC(=O)NCCNC(=O)c1ccccc1I. The van der Waals surface area contributed by atoms with Gasteiger partial charge in [0, 0.05) is 23.8 Å². The Balaban J connectivity index is 2.15. The largest absolute Gasteiger partial charge is 0.382 e. The number of methoxy groups -OCH3 is 1. The van der Waals surface area contributed by atoms with Gasteiger partial charge in [0.05, 0.1) is 18.8 Å². The zero-order valence-electron chi connectivity index (χ0n) is 11.9. The molecule has 0 aliphatic rings. The third-order valence-corrected chi connectivity index (χ3v) is 3.46. The minimum Gasteiger partial charge on any atom is -0.382 e. The minimum absolute atomic E-state index is 0.00606. The molecule has 0 aromatic heterocycles. The van der Waals surface area contributed by atoms with Crippen LogP contribution in [0.15, 0.2) is 24.3 Å². The predicted molar refractivity (Wildman–Crippen MR) is 87.2 cm³/mol. The lowest BCUT2D eigenvalue weighted by molar-refractivity contribution is -0.126. The minimum atomic E-state index is -0.213. The first-order valence-electron chi connectivity index (χ1n) is 6.51. The molecular weight excluding hydrogens is 387 g/mol. The fourth-order valence-corrected chi connectivity index (χ4v) is 2.11. The number of benzene rings is 1. The second-order valence-corrected chi connectivity index (χ2v) is 5.29. The number of hydrogen-bond acceptors (Lipinski definition) is 4. The first kappa shape index (κ1) is 17.9. The molecule has 116 valence electrons. The lowest BCUT2D eigenvalue weighted by Gasteiger charge is -2.08. The van der Waals surface area contributed by atoms with E-state index >= 15 is 0 Å². The summed E-state index contributed by atoms with van der Waals surface area (Å²) >= 11 is 2.11. The third-order valence-electron chi connectivity index (χ3n) is 2.52. The van der Waals surface area contributed by atoms with Gasteiger partial charge in [0.25, 0.3) is 5.91 Å². The van der Waals surface area contributed by atoms with Crippen molar-refractivity contribution >= 4 is 34.4 Å². The highest BCUT2D eigenvalue weighted by molar-refractivity contribution is 14.1. The second kappa shape index (κ2) is 10.5. The quantitative estimate of drug-likeness (QED) is 0.470. The molecule has 21 heavy (non-hydrogen) atoms. The lowest BCUT2D eigenvalue weighted by atomic mass is 10.2. The third kappa shape index (κ3) is 7.39. The van der Waals surface area contributed by atoms with Crippen LogP contribution in [0.3, 0.4) is 0 Å². The maximum absolute atomic E-state index is 11.9. The Labute approximate surface area is 137 Å². The van der Waals surface area contributed by atoms with Crippen molar-refractivity contribution in [3.8, 4) is 0 Å². The first-order chi connectivity index (χ1) is 10.1. The monoisotopic (exact) mass is 406 g/mol. The maximum Gasteiger partial charge on any atom is 0.252 e. The average Bonchev–Trinajstić information content (AvgIpc) is 2.48. The van der Waals surface area contributed by atoms with E-state index in [2.05, 4.69) is 33.2 Å². The summed E-state index contributed by atoms with van der Waals surface area (Å²) < 4.78 is 10.8. The van der Waals surface area contributed by atoms with Crippen LogP contribution in [-0.4, -0.2) is 51.8 Å².